The first kappa shape index (κ1) is 19.3. The first-order chi connectivity index (χ1) is 11.9. The molecule has 0 aliphatic rings. The van der Waals surface area contributed by atoms with E-state index in [1.807, 2.05) is 45.0 Å². The highest BCUT2D eigenvalue weighted by Gasteiger charge is 2.17. The Balaban J connectivity index is 2.14. The van der Waals surface area contributed by atoms with E-state index in [0.29, 0.717) is 12.4 Å². The van der Waals surface area contributed by atoms with Gasteiger partial charge in [0.1, 0.15) is 11.5 Å². The van der Waals surface area contributed by atoms with Crippen molar-refractivity contribution >= 4 is 10.0 Å². The summed E-state index contributed by atoms with van der Waals surface area (Å²) in [5.41, 5.74) is 1.73. The van der Waals surface area contributed by atoms with Gasteiger partial charge < -0.3 is 9.47 Å². The molecular weight excluding hydrogens is 338 g/mol. The molecule has 0 aliphatic carbocycles. The Morgan fingerprint density at radius 2 is 1.76 bits per heavy atom. The van der Waals surface area contributed by atoms with Crippen LogP contribution in [0, 0.1) is 0 Å². The van der Waals surface area contributed by atoms with Crippen molar-refractivity contribution < 1.29 is 17.9 Å². The van der Waals surface area contributed by atoms with Gasteiger partial charge in [-0.1, -0.05) is 26.0 Å². The molecule has 25 heavy (non-hydrogen) atoms. The van der Waals surface area contributed by atoms with E-state index in [9.17, 15) is 8.42 Å². The van der Waals surface area contributed by atoms with Gasteiger partial charge in [0.05, 0.1) is 18.6 Å². The lowest BCUT2D eigenvalue weighted by atomic mass is 10.0. The van der Waals surface area contributed by atoms with Crippen LogP contribution in [-0.2, 0) is 16.6 Å². The van der Waals surface area contributed by atoms with Gasteiger partial charge in [0.15, 0.2) is 0 Å². The molecular formula is C19H25NO4S. The third kappa shape index (κ3) is 4.96. The van der Waals surface area contributed by atoms with Crippen LogP contribution in [0.1, 0.15) is 37.8 Å². The minimum absolute atomic E-state index is 0.163. The van der Waals surface area contributed by atoms with Gasteiger partial charge in [-0.25, -0.2) is 13.1 Å². The van der Waals surface area contributed by atoms with Crippen LogP contribution in [0.15, 0.2) is 47.4 Å². The molecule has 0 heterocycles. The topological polar surface area (TPSA) is 64.6 Å². The molecule has 0 radical (unpaired) electrons. The SMILES string of the molecule is CCOc1ccc(CNS(=O)(=O)c2ccc(OC)c(C(C)C)c2)cc1. The molecule has 0 aliphatic heterocycles. The zero-order valence-corrected chi connectivity index (χ0v) is 15.9. The Morgan fingerprint density at radius 3 is 2.32 bits per heavy atom. The van der Waals surface area contributed by atoms with E-state index < -0.39 is 10.0 Å². The summed E-state index contributed by atoms with van der Waals surface area (Å²) in [5, 5.41) is 0. The van der Waals surface area contributed by atoms with Gasteiger partial charge in [0.25, 0.3) is 0 Å². The third-order valence-corrected chi connectivity index (χ3v) is 5.23. The third-order valence-electron chi connectivity index (χ3n) is 3.83. The summed E-state index contributed by atoms with van der Waals surface area (Å²) in [4.78, 5) is 0.239. The average molecular weight is 363 g/mol. The normalized spacial score (nSPS) is 11.6. The Kier molecular flexibility index (Phi) is 6.45. The fraction of sp³-hybridized carbons (Fsp3) is 0.368. The van der Waals surface area contributed by atoms with Crippen molar-refractivity contribution in [1.82, 2.24) is 4.72 Å². The lowest BCUT2D eigenvalue weighted by Gasteiger charge is -2.14. The number of rotatable bonds is 8. The first-order valence-corrected chi connectivity index (χ1v) is 9.75. The van der Waals surface area contributed by atoms with Crippen molar-refractivity contribution in [2.75, 3.05) is 13.7 Å². The summed E-state index contributed by atoms with van der Waals surface area (Å²) in [7, 11) is -2.01. The van der Waals surface area contributed by atoms with Crippen LogP contribution in [0.4, 0.5) is 0 Å². The highest BCUT2D eigenvalue weighted by Crippen LogP contribution is 2.28. The van der Waals surface area contributed by atoms with E-state index in [1.165, 1.54) is 0 Å². The molecule has 0 saturated carbocycles. The molecule has 1 N–H and O–H groups in total. The van der Waals surface area contributed by atoms with E-state index in [2.05, 4.69) is 4.72 Å². The first-order valence-electron chi connectivity index (χ1n) is 8.26. The van der Waals surface area contributed by atoms with Crippen LogP contribution in [0.3, 0.4) is 0 Å². The van der Waals surface area contributed by atoms with Crippen molar-refractivity contribution in [1.29, 1.82) is 0 Å². The Hall–Kier alpha value is -2.05. The monoisotopic (exact) mass is 363 g/mol. The van der Waals surface area contributed by atoms with Crippen molar-refractivity contribution in [3.63, 3.8) is 0 Å². The molecule has 0 atom stereocenters. The molecule has 2 aromatic rings. The van der Waals surface area contributed by atoms with Crippen LogP contribution in [0.25, 0.3) is 0 Å². The second-order valence-corrected chi connectivity index (χ2v) is 7.73. The molecule has 136 valence electrons. The number of methoxy groups -OCH3 is 1. The lowest BCUT2D eigenvalue weighted by Crippen LogP contribution is -2.23. The van der Waals surface area contributed by atoms with Crippen LogP contribution in [-0.4, -0.2) is 22.1 Å². The van der Waals surface area contributed by atoms with E-state index >= 15 is 0 Å². The quantitative estimate of drug-likeness (QED) is 0.777. The molecule has 2 rings (SSSR count). The number of benzene rings is 2. The Labute approximate surface area is 150 Å². The van der Waals surface area contributed by atoms with Gasteiger partial charge in [-0.3, -0.25) is 0 Å². The van der Waals surface area contributed by atoms with Crippen LogP contribution >= 0.6 is 0 Å². The smallest absolute Gasteiger partial charge is 0.240 e. The second-order valence-electron chi connectivity index (χ2n) is 5.96. The summed E-state index contributed by atoms with van der Waals surface area (Å²) < 4.78 is 38.5. The summed E-state index contributed by atoms with van der Waals surface area (Å²) in [6.45, 7) is 6.74. The maximum absolute atomic E-state index is 12.6. The molecule has 0 spiro atoms. The second kappa shape index (κ2) is 8.36. The van der Waals surface area contributed by atoms with Crippen molar-refractivity contribution in [2.24, 2.45) is 0 Å². The van der Waals surface area contributed by atoms with Crippen molar-refractivity contribution in [2.45, 2.75) is 38.1 Å². The number of ether oxygens (including phenoxy) is 2. The van der Waals surface area contributed by atoms with Crippen LogP contribution < -0.4 is 14.2 Å². The fourth-order valence-electron chi connectivity index (χ4n) is 2.46. The average Bonchev–Trinajstić information content (AvgIpc) is 2.60. The Morgan fingerprint density at radius 1 is 1.08 bits per heavy atom. The largest absolute Gasteiger partial charge is 0.496 e. The van der Waals surface area contributed by atoms with Crippen molar-refractivity contribution in [3.8, 4) is 11.5 Å². The standard InChI is InChI=1S/C19H25NO4S/c1-5-24-16-8-6-15(7-9-16)13-20-25(21,22)17-10-11-19(23-4)18(12-17)14(2)3/h6-12,14,20H,5,13H2,1-4H3. The summed E-state index contributed by atoms with van der Waals surface area (Å²) >= 11 is 0. The highest BCUT2D eigenvalue weighted by atomic mass is 32.2. The molecule has 6 heteroatoms. The number of nitrogens with one attached hydrogen (secondary N) is 1. The molecule has 2 aromatic carbocycles. The van der Waals surface area contributed by atoms with Gasteiger partial charge in [0.2, 0.25) is 10.0 Å². The summed E-state index contributed by atoms with van der Waals surface area (Å²) in [6.07, 6.45) is 0. The predicted molar refractivity (Wildman–Crippen MR) is 98.7 cm³/mol. The summed E-state index contributed by atoms with van der Waals surface area (Å²) in [6, 6.07) is 12.3. The number of sulfonamides is 1. The lowest BCUT2D eigenvalue weighted by molar-refractivity contribution is 0.340. The van der Waals surface area contributed by atoms with Crippen molar-refractivity contribution in [3.05, 3.63) is 53.6 Å². The van der Waals surface area contributed by atoms with Gasteiger partial charge in [-0.15, -0.1) is 0 Å². The molecule has 0 saturated heterocycles. The molecule has 0 bridgehead atoms. The van der Waals surface area contributed by atoms with Gasteiger partial charge in [-0.05, 0) is 54.3 Å². The number of hydrogen-bond acceptors (Lipinski definition) is 4. The van der Waals surface area contributed by atoms with Gasteiger partial charge in [-0.2, -0.15) is 0 Å². The van der Waals surface area contributed by atoms with E-state index in [-0.39, 0.29) is 17.4 Å². The molecule has 5 nitrogen and oxygen atoms in total. The maximum Gasteiger partial charge on any atom is 0.240 e. The highest BCUT2D eigenvalue weighted by molar-refractivity contribution is 7.89. The van der Waals surface area contributed by atoms with E-state index in [1.54, 1.807) is 25.3 Å². The molecule has 0 amide bonds. The zero-order chi connectivity index (χ0) is 18.4. The van der Waals surface area contributed by atoms with E-state index in [0.717, 1.165) is 16.9 Å². The number of hydrogen-bond donors (Lipinski definition) is 1. The molecule has 0 unspecified atom stereocenters. The van der Waals surface area contributed by atoms with Crippen LogP contribution in [0.2, 0.25) is 0 Å². The summed E-state index contributed by atoms with van der Waals surface area (Å²) in [5.74, 6) is 1.63. The van der Waals surface area contributed by atoms with Crippen LogP contribution in [0.5, 0.6) is 11.5 Å². The van der Waals surface area contributed by atoms with Gasteiger partial charge >= 0.3 is 0 Å². The maximum atomic E-state index is 12.6. The molecule has 0 fully saturated rings. The fourth-order valence-corrected chi connectivity index (χ4v) is 3.52. The molecule has 0 aromatic heterocycles. The Bertz CT molecular complexity index is 799. The minimum Gasteiger partial charge on any atom is -0.496 e. The predicted octanol–water partition coefficient (Wildman–Crippen LogP) is 3.70. The van der Waals surface area contributed by atoms with E-state index in [4.69, 9.17) is 9.47 Å². The van der Waals surface area contributed by atoms with Gasteiger partial charge in [0, 0.05) is 6.54 Å². The minimum atomic E-state index is -3.60. The zero-order valence-electron chi connectivity index (χ0n) is 15.1.